The first-order chi connectivity index (χ1) is 14.8. The number of allylic oxidation sites excluding steroid dienone is 3. The van der Waals surface area contributed by atoms with E-state index in [0.717, 1.165) is 38.5 Å². The second-order valence-corrected chi connectivity index (χ2v) is 13.7. The maximum absolute atomic E-state index is 12.8. The maximum Gasteiger partial charge on any atom is 0.138 e. The molecular formula is C30H48O2. The first-order valence-corrected chi connectivity index (χ1v) is 13.3. The van der Waals surface area contributed by atoms with E-state index in [2.05, 4.69) is 61.1 Å². The van der Waals surface area contributed by atoms with Gasteiger partial charge in [-0.25, -0.2) is 0 Å². The number of Topliss-reactive ketones (excluding diaryl/α,β-unsaturated/α-hetero) is 1. The molecule has 4 aliphatic rings. The molecule has 32 heavy (non-hydrogen) atoms. The standard InChI is InChI=1S/C30H48O2/c1-19-9-13-23-27(3,4)25(31)15-17-29(23,7)21(19)11-12-22-20(2)10-14-24-28(5,6)26(32)16-18-30(22,24)8/h10,21-25,31H,1,9,11-18H2,2-8H3/t21-,22-,23-,24-,25-,29+,30+/m0/s1. The Balaban J connectivity index is 1.59. The van der Waals surface area contributed by atoms with Crippen LogP contribution in [0.5, 0.6) is 0 Å². The number of ketones is 1. The number of carbonyl (C=O) groups excluding carboxylic acids is 1. The van der Waals surface area contributed by atoms with Gasteiger partial charge in [0, 0.05) is 11.8 Å². The number of hydrogen-bond acceptors (Lipinski definition) is 2. The van der Waals surface area contributed by atoms with Crippen LogP contribution in [0.2, 0.25) is 0 Å². The SMILES string of the molecule is C=C1CC[C@H]2C(C)(C)[C@@H](O)CC[C@]2(C)[C@H]1CC[C@H]1C(C)=CC[C@H]2C(C)(C)C(=O)CC[C@]12C. The van der Waals surface area contributed by atoms with Gasteiger partial charge in [-0.05, 0) is 98.2 Å². The molecule has 0 spiro atoms. The lowest BCUT2D eigenvalue weighted by Gasteiger charge is -2.60. The monoisotopic (exact) mass is 440 g/mol. The van der Waals surface area contributed by atoms with E-state index in [9.17, 15) is 9.90 Å². The predicted molar refractivity (Wildman–Crippen MR) is 133 cm³/mol. The quantitative estimate of drug-likeness (QED) is 0.461. The number of rotatable bonds is 3. The van der Waals surface area contributed by atoms with Crippen LogP contribution in [-0.2, 0) is 4.79 Å². The number of aliphatic hydroxyl groups is 1. The van der Waals surface area contributed by atoms with Crippen molar-refractivity contribution in [1.82, 2.24) is 0 Å². The first-order valence-electron chi connectivity index (χ1n) is 13.3. The molecule has 3 fully saturated rings. The smallest absolute Gasteiger partial charge is 0.138 e. The predicted octanol–water partition coefficient (Wildman–Crippen LogP) is 7.51. The van der Waals surface area contributed by atoms with Crippen LogP contribution in [0.3, 0.4) is 0 Å². The van der Waals surface area contributed by atoms with Crippen molar-refractivity contribution in [3.8, 4) is 0 Å². The molecule has 1 N–H and O–H groups in total. The summed E-state index contributed by atoms with van der Waals surface area (Å²) in [6.45, 7) is 20.9. The minimum atomic E-state index is -0.211. The van der Waals surface area contributed by atoms with Gasteiger partial charge in [-0.3, -0.25) is 4.79 Å². The Hall–Kier alpha value is -0.890. The molecule has 0 saturated heterocycles. The molecule has 4 aliphatic carbocycles. The summed E-state index contributed by atoms with van der Waals surface area (Å²) in [5, 5.41) is 10.8. The number of fused-ring (bicyclic) bond motifs is 2. The van der Waals surface area contributed by atoms with Gasteiger partial charge in [0.05, 0.1) is 6.10 Å². The van der Waals surface area contributed by atoms with Gasteiger partial charge in [-0.2, -0.15) is 0 Å². The van der Waals surface area contributed by atoms with Crippen molar-refractivity contribution in [2.75, 3.05) is 0 Å². The second kappa shape index (κ2) is 7.82. The van der Waals surface area contributed by atoms with Crippen molar-refractivity contribution >= 4 is 5.78 Å². The van der Waals surface area contributed by atoms with Crippen molar-refractivity contribution in [3.05, 3.63) is 23.8 Å². The van der Waals surface area contributed by atoms with Gasteiger partial charge in [0.15, 0.2) is 0 Å². The Bertz CT molecular complexity index is 817. The van der Waals surface area contributed by atoms with Crippen molar-refractivity contribution in [3.63, 3.8) is 0 Å². The average molecular weight is 441 g/mol. The Morgan fingerprint density at radius 3 is 2.25 bits per heavy atom. The topological polar surface area (TPSA) is 37.3 Å². The Morgan fingerprint density at radius 2 is 1.56 bits per heavy atom. The van der Waals surface area contributed by atoms with Crippen LogP contribution in [0.25, 0.3) is 0 Å². The third-order valence-electron chi connectivity index (χ3n) is 11.6. The maximum atomic E-state index is 12.8. The molecule has 7 atom stereocenters. The van der Waals surface area contributed by atoms with Crippen LogP contribution in [0, 0.1) is 45.3 Å². The van der Waals surface area contributed by atoms with Gasteiger partial charge >= 0.3 is 0 Å². The van der Waals surface area contributed by atoms with Gasteiger partial charge in [-0.15, -0.1) is 0 Å². The molecular weight excluding hydrogens is 392 g/mol. The molecule has 0 aromatic rings. The molecule has 0 heterocycles. The van der Waals surface area contributed by atoms with E-state index in [-0.39, 0.29) is 27.8 Å². The highest BCUT2D eigenvalue weighted by molar-refractivity contribution is 5.85. The van der Waals surface area contributed by atoms with E-state index >= 15 is 0 Å². The molecule has 0 aromatic heterocycles. The highest BCUT2D eigenvalue weighted by Crippen LogP contribution is 2.64. The molecule has 0 aliphatic heterocycles. The summed E-state index contributed by atoms with van der Waals surface area (Å²) in [5.74, 6) is 2.58. The van der Waals surface area contributed by atoms with E-state index in [1.807, 2.05) is 0 Å². The zero-order valence-corrected chi connectivity index (χ0v) is 21.9. The summed E-state index contributed by atoms with van der Waals surface area (Å²) in [6.07, 6.45) is 11.8. The third-order valence-corrected chi connectivity index (χ3v) is 11.6. The molecule has 4 rings (SSSR count). The largest absolute Gasteiger partial charge is 0.393 e. The summed E-state index contributed by atoms with van der Waals surface area (Å²) in [7, 11) is 0. The van der Waals surface area contributed by atoms with E-state index in [1.165, 1.54) is 24.8 Å². The Kier molecular flexibility index (Phi) is 5.93. The number of carbonyl (C=O) groups is 1. The molecule has 0 unspecified atom stereocenters. The van der Waals surface area contributed by atoms with Crippen molar-refractivity contribution in [2.24, 2.45) is 45.3 Å². The van der Waals surface area contributed by atoms with Gasteiger partial charge in [0.1, 0.15) is 5.78 Å². The van der Waals surface area contributed by atoms with Gasteiger partial charge in [0.2, 0.25) is 0 Å². The van der Waals surface area contributed by atoms with Crippen LogP contribution in [0.15, 0.2) is 23.8 Å². The van der Waals surface area contributed by atoms with E-state index in [1.54, 1.807) is 5.57 Å². The summed E-state index contributed by atoms with van der Waals surface area (Å²) in [6, 6.07) is 0. The summed E-state index contributed by atoms with van der Waals surface area (Å²) < 4.78 is 0. The van der Waals surface area contributed by atoms with Crippen molar-refractivity contribution in [1.29, 1.82) is 0 Å². The summed E-state index contributed by atoms with van der Waals surface area (Å²) in [4.78, 5) is 12.8. The first kappa shape index (κ1) is 24.2. The highest BCUT2D eigenvalue weighted by Gasteiger charge is 2.57. The number of aliphatic hydroxyl groups excluding tert-OH is 1. The van der Waals surface area contributed by atoms with Gasteiger partial charge < -0.3 is 5.11 Å². The molecule has 0 aromatic carbocycles. The van der Waals surface area contributed by atoms with Crippen LogP contribution >= 0.6 is 0 Å². The fourth-order valence-corrected chi connectivity index (χ4v) is 9.43. The van der Waals surface area contributed by atoms with Crippen LogP contribution < -0.4 is 0 Å². The normalized spacial score (nSPS) is 45.6. The molecule has 0 bridgehead atoms. The lowest BCUT2D eigenvalue weighted by molar-refractivity contribution is -0.143. The Morgan fingerprint density at radius 1 is 0.938 bits per heavy atom. The molecule has 2 nitrogen and oxygen atoms in total. The summed E-state index contributed by atoms with van der Waals surface area (Å²) >= 11 is 0. The van der Waals surface area contributed by atoms with Gasteiger partial charge in [-0.1, -0.05) is 65.3 Å². The van der Waals surface area contributed by atoms with Crippen molar-refractivity contribution < 1.29 is 9.90 Å². The summed E-state index contributed by atoms with van der Waals surface area (Å²) in [5.41, 5.74) is 3.24. The second-order valence-electron chi connectivity index (χ2n) is 13.7. The molecule has 2 heteroatoms. The average Bonchev–Trinajstić information content (AvgIpc) is 2.69. The molecule has 3 saturated carbocycles. The van der Waals surface area contributed by atoms with E-state index in [0.29, 0.717) is 29.5 Å². The lowest BCUT2D eigenvalue weighted by atomic mass is 9.45. The Labute approximate surface area is 197 Å². The fraction of sp³-hybridized carbons (Fsp3) is 0.833. The number of hydrogen-bond donors (Lipinski definition) is 1. The lowest BCUT2D eigenvalue weighted by Crippen LogP contribution is -2.55. The minimum Gasteiger partial charge on any atom is -0.393 e. The molecule has 0 radical (unpaired) electrons. The van der Waals surface area contributed by atoms with Crippen LogP contribution in [0.1, 0.15) is 106 Å². The van der Waals surface area contributed by atoms with Crippen LogP contribution in [-0.4, -0.2) is 17.0 Å². The third kappa shape index (κ3) is 3.41. The zero-order valence-electron chi connectivity index (χ0n) is 21.9. The molecule has 0 amide bonds. The highest BCUT2D eigenvalue weighted by atomic mass is 16.3. The fourth-order valence-electron chi connectivity index (χ4n) is 9.43. The van der Waals surface area contributed by atoms with Gasteiger partial charge in [0.25, 0.3) is 0 Å². The molecule has 180 valence electrons. The minimum absolute atomic E-state index is 0.0164. The zero-order chi connectivity index (χ0) is 23.7. The van der Waals surface area contributed by atoms with E-state index in [4.69, 9.17) is 0 Å². The van der Waals surface area contributed by atoms with E-state index < -0.39 is 0 Å². The van der Waals surface area contributed by atoms with Crippen molar-refractivity contribution in [2.45, 2.75) is 112 Å². The van der Waals surface area contributed by atoms with Crippen LogP contribution in [0.4, 0.5) is 0 Å².